The Morgan fingerprint density at radius 2 is 2.24 bits per heavy atom. The summed E-state index contributed by atoms with van der Waals surface area (Å²) in [4.78, 5) is 11.6. The molecule has 100 valence electrons. The summed E-state index contributed by atoms with van der Waals surface area (Å²) < 4.78 is 0. The molecule has 0 saturated heterocycles. The molecule has 0 spiro atoms. The zero-order valence-corrected chi connectivity index (χ0v) is 11.7. The van der Waals surface area contributed by atoms with Crippen LogP contribution in [0.25, 0.3) is 0 Å². The minimum Gasteiger partial charge on any atom is -0.392 e. The molecule has 1 aliphatic rings. The van der Waals surface area contributed by atoms with E-state index < -0.39 is 5.54 Å². The molecule has 0 heterocycles. The van der Waals surface area contributed by atoms with Gasteiger partial charge in [0.25, 0.3) is 0 Å². The van der Waals surface area contributed by atoms with Crippen LogP contribution in [-0.2, 0) is 4.79 Å². The summed E-state index contributed by atoms with van der Waals surface area (Å²) in [5.41, 5.74) is 4.96. The van der Waals surface area contributed by atoms with E-state index in [1.807, 2.05) is 6.92 Å². The first-order valence-electron chi connectivity index (χ1n) is 6.23. The van der Waals surface area contributed by atoms with Crippen molar-refractivity contribution >= 4 is 17.7 Å². The standard InChI is InChI=1S/C12H24N2O2S/c1-8(15)9(2)17-10-5-4-6-12(7-10,14-3)11(13)16/h8-10,14-15H,4-7H2,1-3H3,(H2,13,16). The highest BCUT2D eigenvalue weighted by atomic mass is 32.2. The lowest BCUT2D eigenvalue weighted by Gasteiger charge is -2.39. The average Bonchev–Trinajstić information content (AvgIpc) is 2.28. The maximum absolute atomic E-state index is 11.6. The molecule has 1 aliphatic carbocycles. The van der Waals surface area contributed by atoms with Gasteiger partial charge in [-0.2, -0.15) is 11.8 Å². The number of aliphatic hydroxyl groups is 1. The van der Waals surface area contributed by atoms with E-state index in [1.165, 1.54) is 0 Å². The van der Waals surface area contributed by atoms with E-state index in [-0.39, 0.29) is 17.3 Å². The number of carbonyl (C=O) groups excluding carboxylic acids is 1. The van der Waals surface area contributed by atoms with Gasteiger partial charge in [-0.15, -0.1) is 0 Å². The lowest BCUT2D eigenvalue weighted by Crippen LogP contribution is -2.57. The summed E-state index contributed by atoms with van der Waals surface area (Å²) in [5.74, 6) is -0.255. The highest BCUT2D eigenvalue weighted by Gasteiger charge is 2.40. The van der Waals surface area contributed by atoms with Gasteiger partial charge in [0.05, 0.1) is 11.6 Å². The first kappa shape index (κ1) is 14.8. The molecule has 4 N–H and O–H groups in total. The number of nitrogens with two attached hydrogens (primary N) is 1. The second kappa shape index (κ2) is 6.07. The summed E-state index contributed by atoms with van der Waals surface area (Å²) in [5, 5.41) is 13.2. The van der Waals surface area contributed by atoms with Crippen molar-refractivity contribution in [2.75, 3.05) is 7.05 Å². The monoisotopic (exact) mass is 260 g/mol. The summed E-state index contributed by atoms with van der Waals surface area (Å²) in [6, 6.07) is 0. The van der Waals surface area contributed by atoms with Gasteiger partial charge in [-0.25, -0.2) is 0 Å². The smallest absolute Gasteiger partial charge is 0.237 e. The van der Waals surface area contributed by atoms with Crippen molar-refractivity contribution in [3.05, 3.63) is 0 Å². The number of hydrogen-bond donors (Lipinski definition) is 3. The molecule has 4 atom stereocenters. The van der Waals surface area contributed by atoms with Crippen LogP contribution < -0.4 is 11.1 Å². The normalized spacial score (nSPS) is 33.1. The van der Waals surface area contributed by atoms with Crippen molar-refractivity contribution in [1.29, 1.82) is 0 Å². The minimum atomic E-state index is -0.547. The predicted molar refractivity (Wildman–Crippen MR) is 72.0 cm³/mol. The molecule has 0 aromatic carbocycles. The van der Waals surface area contributed by atoms with Crippen LogP contribution in [0.1, 0.15) is 39.5 Å². The third kappa shape index (κ3) is 3.60. The van der Waals surface area contributed by atoms with Crippen molar-refractivity contribution in [3.63, 3.8) is 0 Å². The maximum atomic E-state index is 11.6. The van der Waals surface area contributed by atoms with E-state index in [9.17, 15) is 9.90 Å². The third-order valence-corrected chi connectivity index (χ3v) is 5.35. The van der Waals surface area contributed by atoms with Crippen LogP contribution in [0.5, 0.6) is 0 Å². The largest absolute Gasteiger partial charge is 0.392 e. The Hall–Kier alpha value is -0.260. The molecule has 1 rings (SSSR count). The maximum Gasteiger partial charge on any atom is 0.237 e. The van der Waals surface area contributed by atoms with Gasteiger partial charge >= 0.3 is 0 Å². The predicted octanol–water partition coefficient (Wildman–Crippen LogP) is 0.875. The Labute approximate surface area is 108 Å². The number of hydrogen-bond acceptors (Lipinski definition) is 4. The fourth-order valence-electron chi connectivity index (χ4n) is 2.33. The molecule has 4 unspecified atom stereocenters. The van der Waals surface area contributed by atoms with Gasteiger partial charge in [-0.1, -0.05) is 6.92 Å². The molecular formula is C12H24N2O2S. The number of carbonyl (C=O) groups is 1. The second-order valence-electron chi connectivity index (χ2n) is 5.00. The van der Waals surface area contributed by atoms with Crippen molar-refractivity contribution in [2.24, 2.45) is 5.73 Å². The zero-order chi connectivity index (χ0) is 13.1. The summed E-state index contributed by atoms with van der Waals surface area (Å²) in [6.07, 6.45) is 3.37. The van der Waals surface area contributed by atoms with Gasteiger partial charge in [-0.05, 0) is 39.7 Å². The molecule has 0 aromatic heterocycles. The summed E-state index contributed by atoms with van der Waals surface area (Å²) >= 11 is 1.77. The Bertz CT molecular complexity index is 273. The lowest BCUT2D eigenvalue weighted by atomic mass is 9.81. The number of aliphatic hydroxyl groups excluding tert-OH is 1. The number of rotatable bonds is 5. The van der Waals surface area contributed by atoms with Crippen molar-refractivity contribution in [1.82, 2.24) is 5.32 Å². The molecule has 1 saturated carbocycles. The van der Waals surface area contributed by atoms with E-state index in [4.69, 9.17) is 5.73 Å². The Morgan fingerprint density at radius 3 is 2.71 bits per heavy atom. The van der Waals surface area contributed by atoms with Gasteiger partial charge in [0.2, 0.25) is 5.91 Å². The second-order valence-corrected chi connectivity index (χ2v) is 6.68. The topological polar surface area (TPSA) is 75.3 Å². The van der Waals surface area contributed by atoms with Gasteiger partial charge < -0.3 is 16.2 Å². The molecule has 1 fully saturated rings. The Morgan fingerprint density at radius 1 is 1.59 bits per heavy atom. The minimum absolute atomic E-state index is 0.195. The van der Waals surface area contributed by atoms with Gasteiger partial charge in [0.15, 0.2) is 0 Å². The highest BCUT2D eigenvalue weighted by Crippen LogP contribution is 2.37. The van der Waals surface area contributed by atoms with Crippen LogP contribution >= 0.6 is 11.8 Å². The van der Waals surface area contributed by atoms with Crippen LogP contribution in [0.2, 0.25) is 0 Å². The van der Waals surface area contributed by atoms with E-state index in [2.05, 4.69) is 5.32 Å². The first-order chi connectivity index (χ1) is 7.91. The molecule has 0 aromatic rings. The van der Waals surface area contributed by atoms with Crippen molar-refractivity contribution in [3.8, 4) is 0 Å². The van der Waals surface area contributed by atoms with E-state index in [1.54, 1.807) is 25.7 Å². The van der Waals surface area contributed by atoms with Crippen molar-refractivity contribution in [2.45, 2.75) is 61.7 Å². The number of primary amides is 1. The average molecular weight is 260 g/mol. The molecule has 1 amide bonds. The summed E-state index contributed by atoms with van der Waals surface area (Å²) in [7, 11) is 1.80. The van der Waals surface area contributed by atoms with E-state index >= 15 is 0 Å². The lowest BCUT2D eigenvalue weighted by molar-refractivity contribution is -0.125. The molecule has 0 aliphatic heterocycles. The van der Waals surface area contributed by atoms with Gasteiger partial charge in [-0.3, -0.25) is 4.79 Å². The van der Waals surface area contributed by atoms with Crippen LogP contribution in [0.3, 0.4) is 0 Å². The highest BCUT2D eigenvalue weighted by molar-refractivity contribution is 8.00. The van der Waals surface area contributed by atoms with Crippen molar-refractivity contribution < 1.29 is 9.90 Å². The number of thioether (sulfide) groups is 1. The SMILES string of the molecule is CNC1(C(N)=O)CCCC(SC(C)C(C)O)C1. The van der Waals surface area contributed by atoms with E-state index in [0.717, 1.165) is 25.7 Å². The summed E-state index contributed by atoms with van der Waals surface area (Å²) in [6.45, 7) is 3.83. The Balaban J connectivity index is 2.62. The van der Waals surface area contributed by atoms with Crippen LogP contribution in [0.15, 0.2) is 0 Å². The fourth-order valence-corrected chi connectivity index (χ4v) is 3.85. The van der Waals surface area contributed by atoms with Crippen LogP contribution in [0, 0.1) is 0 Å². The molecule has 0 bridgehead atoms. The van der Waals surface area contributed by atoms with E-state index in [0.29, 0.717) is 5.25 Å². The third-order valence-electron chi connectivity index (χ3n) is 3.74. The quantitative estimate of drug-likeness (QED) is 0.686. The molecule has 17 heavy (non-hydrogen) atoms. The number of amides is 1. The zero-order valence-electron chi connectivity index (χ0n) is 10.9. The fraction of sp³-hybridized carbons (Fsp3) is 0.917. The van der Waals surface area contributed by atoms with Crippen LogP contribution in [-0.4, -0.2) is 40.2 Å². The molecule has 5 heteroatoms. The van der Waals surface area contributed by atoms with Gasteiger partial charge in [0.1, 0.15) is 0 Å². The van der Waals surface area contributed by atoms with Gasteiger partial charge in [0, 0.05) is 10.5 Å². The molecular weight excluding hydrogens is 236 g/mol. The molecule has 0 radical (unpaired) electrons. The molecule has 4 nitrogen and oxygen atoms in total. The number of nitrogens with one attached hydrogen (secondary N) is 1. The van der Waals surface area contributed by atoms with Crippen LogP contribution in [0.4, 0.5) is 0 Å². The Kier molecular flexibility index (Phi) is 5.28. The number of likely N-dealkylation sites (N-methyl/N-ethyl adjacent to an activating group) is 1. The first-order valence-corrected chi connectivity index (χ1v) is 7.18.